The number of nitrogens with one attached hydrogen (secondary N) is 1. The number of benzene rings is 1. The van der Waals surface area contributed by atoms with Crippen molar-refractivity contribution in [1.82, 2.24) is 10.2 Å². The number of amides is 2. The molecule has 1 aromatic rings. The van der Waals surface area contributed by atoms with Crippen LogP contribution in [0.5, 0.6) is 0 Å². The molecule has 2 aliphatic rings. The van der Waals surface area contributed by atoms with Crippen LogP contribution in [0.25, 0.3) is 0 Å². The van der Waals surface area contributed by atoms with Gasteiger partial charge in [-0.05, 0) is 24.6 Å². The summed E-state index contributed by atoms with van der Waals surface area (Å²) < 4.78 is 0. The molecule has 0 radical (unpaired) electrons. The molecule has 146 valence electrons. The zero-order valence-corrected chi connectivity index (χ0v) is 16.7. The second kappa shape index (κ2) is 8.48. The molecule has 0 saturated heterocycles. The van der Waals surface area contributed by atoms with Gasteiger partial charge in [0.2, 0.25) is 11.8 Å². The Morgan fingerprint density at radius 2 is 2.19 bits per heavy atom. The molecule has 0 bridgehead atoms. The van der Waals surface area contributed by atoms with E-state index in [4.69, 9.17) is 28.0 Å². The van der Waals surface area contributed by atoms with Crippen molar-refractivity contribution in [2.45, 2.75) is 38.3 Å². The van der Waals surface area contributed by atoms with Gasteiger partial charge in [-0.15, -0.1) is 11.6 Å². The van der Waals surface area contributed by atoms with Crippen LogP contribution in [-0.4, -0.2) is 47.0 Å². The van der Waals surface area contributed by atoms with E-state index in [-0.39, 0.29) is 29.2 Å². The number of carbonyl (C=O) groups is 2. The highest BCUT2D eigenvalue weighted by molar-refractivity contribution is 6.30. The maximum atomic E-state index is 13.0. The number of hydrogen-bond acceptors (Lipinski definition) is 4. The lowest BCUT2D eigenvalue weighted by molar-refractivity contribution is -0.157. The predicted octanol–water partition coefficient (Wildman–Crippen LogP) is 2.97. The van der Waals surface area contributed by atoms with Crippen molar-refractivity contribution in [2.24, 2.45) is 11.1 Å². The molecule has 1 fully saturated rings. The number of rotatable bonds is 7. The Balaban J connectivity index is 1.62. The topological polar surface area (TPSA) is 71.0 Å². The van der Waals surface area contributed by atoms with Crippen molar-refractivity contribution in [3.63, 3.8) is 0 Å². The van der Waals surface area contributed by atoms with E-state index in [1.807, 2.05) is 25.1 Å². The second-order valence-corrected chi connectivity index (χ2v) is 7.96. The van der Waals surface area contributed by atoms with E-state index in [0.29, 0.717) is 37.5 Å². The third-order valence-corrected chi connectivity index (χ3v) is 5.44. The molecule has 0 unspecified atom stereocenters. The van der Waals surface area contributed by atoms with Gasteiger partial charge in [-0.2, -0.15) is 0 Å². The molecule has 1 saturated carbocycles. The first-order valence-electron chi connectivity index (χ1n) is 8.98. The zero-order valence-electron chi connectivity index (χ0n) is 15.2. The molecule has 8 heteroatoms. The Morgan fingerprint density at radius 1 is 1.41 bits per heavy atom. The van der Waals surface area contributed by atoms with Crippen molar-refractivity contribution in [3.05, 3.63) is 34.9 Å². The number of oxime groups is 1. The Bertz CT molecular complexity index is 747. The Kier molecular flexibility index (Phi) is 6.27. The molecule has 3 rings (SSSR count). The molecule has 1 heterocycles. The lowest BCUT2D eigenvalue weighted by Gasteiger charge is -2.43. The molecule has 1 N–H and O–H groups in total. The van der Waals surface area contributed by atoms with E-state index >= 15 is 0 Å². The fraction of sp³-hybridized carbons (Fsp3) is 0.526. The summed E-state index contributed by atoms with van der Waals surface area (Å²) in [4.78, 5) is 31.7. The van der Waals surface area contributed by atoms with Crippen LogP contribution in [0.1, 0.15) is 31.7 Å². The van der Waals surface area contributed by atoms with Gasteiger partial charge in [0.25, 0.3) is 0 Å². The average Bonchev–Trinajstić information content (AvgIpc) is 3.01. The number of halogens is 2. The summed E-state index contributed by atoms with van der Waals surface area (Å²) in [5.41, 5.74) is 1.63. The fourth-order valence-electron chi connectivity index (χ4n) is 3.70. The van der Waals surface area contributed by atoms with Gasteiger partial charge in [-0.3, -0.25) is 9.59 Å². The van der Waals surface area contributed by atoms with E-state index in [2.05, 4.69) is 10.5 Å². The molecule has 1 spiro atoms. The molecule has 1 aromatic carbocycles. The van der Waals surface area contributed by atoms with E-state index in [9.17, 15) is 9.59 Å². The minimum absolute atomic E-state index is 0.0638. The van der Waals surface area contributed by atoms with Gasteiger partial charge in [0.1, 0.15) is 11.5 Å². The maximum Gasteiger partial charge on any atom is 0.234 e. The molecule has 0 aromatic heterocycles. The van der Waals surface area contributed by atoms with E-state index in [1.54, 1.807) is 11.0 Å². The van der Waals surface area contributed by atoms with E-state index in [0.717, 1.165) is 17.7 Å². The van der Waals surface area contributed by atoms with Gasteiger partial charge < -0.3 is 15.1 Å². The van der Waals surface area contributed by atoms with Gasteiger partial charge in [0.15, 0.2) is 0 Å². The zero-order chi connectivity index (χ0) is 19.4. The lowest BCUT2D eigenvalue weighted by Crippen LogP contribution is -2.52. The summed E-state index contributed by atoms with van der Waals surface area (Å²) in [6.45, 7) is 3.15. The van der Waals surface area contributed by atoms with E-state index in [1.165, 1.54) is 0 Å². The van der Waals surface area contributed by atoms with Gasteiger partial charge in [0, 0.05) is 49.8 Å². The summed E-state index contributed by atoms with van der Waals surface area (Å²) in [5, 5.41) is 7.36. The molecule has 0 atom stereocenters. The number of nitrogens with zero attached hydrogens (tertiary/aromatic N) is 2. The van der Waals surface area contributed by atoms with Crippen molar-refractivity contribution in [1.29, 1.82) is 0 Å². The summed E-state index contributed by atoms with van der Waals surface area (Å²) in [7, 11) is 0. The summed E-state index contributed by atoms with van der Waals surface area (Å²) >= 11 is 11.6. The summed E-state index contributed by atoms with van der Waals surface area (Å²) in [6, 6.07) is 7.44. The monoisotopic (exact) mass is 411 g/mol. The van der Waals surface area contributed by atoms with Gasteiger partial charge >= 0.3 is 0 Å². The molecule has 2 amide bonds. The first kappa shape index (κ1) is 20.0. The third-order valence-electron chi connectivity index (χ3n) is 4.96. The first-order valence-corrected chi connectivity index (χ1v) is 9.89. The highest BCUT2D eigenvalue weighted by Crippen LogP contribution is 2.47. The van der Waals surface area contributed by atoms with Crippen LogP contribution in [0.3, 0.4) is 0 Å². The molecular weight excluding hydrogens is 389 g/mol. The second-order valence-electron chi connectivity index (χ2n) is 7.26. The predicted molar refractivity (Wildman–Crippen MR) is 105 cm³/mol. The minimum Gasteiger partial charge on any atom is -0.389 e. The van der Waals surface area contributed by atoms with Crippen LogP contribution in [0.4, 0.5) is 0 Å². The number of hydrogen-bond donors (Lipinski definition) is 1. The Morgan fingerprint density at radius 3 is 2.81 bits per heavy atom. The highest BCUT2D eigenvalue weighted by Gasteiger charge is 2.53. The van der Waals surface area contributed by atoms with Crippen LogP contribution in [0, 0.1) is 5.92 Å². The van der Waals surface area contributed by atoms with Crippen LogP contribution in [0.2, 0.25) is 5.02 Å². The normalized spacial score (nSPS) is 23.4. The average molecular weight is 412 g/mol. The standard InChI is InChI=1S/C19H23Cl2N3O3/c1-13-8-19(27-23-13)9-15(10-19)18(26)24(6-5-22-17(25)11-20)12-14-3-2-4-16(21)7-14/h2-4,7,15H,5-6,8-12H2,1H3,(H,22,25). The number of alkyl halides is 1. The van der Waals surface area contributed by atoms with Crippen molar-refractivity contribution >= 4 is 40.7 Å². The molecule has 1 aliphatic carbocycles. The Hall–Kier alpha value is -1.79. The van der Waals surface area contributed by atoms with Crippen molar-refractivity contribution < 1.29 is 14.4 Å². The van der Waals surface area contributed by atoms with Crippen LogP contribution in [-0.2, 0) is 21.0 Å². The van der Waals surface area contributed by atoms with Gasteiger partial charge in [-0.25, -0.2) is 0 Å². The molecule has 1 aliphatic heterocycles. The SMILES string of the molecule is CC1=NOC2(C1)CC(C(=O)N(CCNC(=O)CCl)Cc1cccc(Cl)c1)C2. The van der Waals surface area contributed by atoms with Gasteiger partial charge in [-0.1, -0.05) is 28.9 Å². The Labute approximate surface area is 168 Å². The van der Waals surface area contributed by atoms with Gasteiger partial charge in [0.05, 0.1) is 5.71 Å². The summed E-state index contributed by atoms with van der Waals surface area (Å²) in [5.74, 6) is -0.367. The van der Waals surface area contributed by atoms with Crippen LogP contribution < -0.4 is 5.32 Å². The molecular formula is C19H23Cl2N3O3. The number of carbonyl (C=O) groups excluding carboxylic acids is 2. The minimum atomic E-state index is -0.293. The fourth-order valence-corrected chi connectivity index (χ4v) is 4.00. The van der Waals surface area contributed by atoms with Crippen LogP contribution >= 0.6 is 23.2 Å². The lowest BCUT2D eigenvalue weighted by atomic mass is 9.68. The quantitative estimate of drug-likeness (QED) is 0.700. The molecule has 6 nitrogen and oxygen atoms in total. The first-order chi connectivity index (χ1) is 12.9. The third kappa shape index (κ3) is 4.93. The maximum absolute atomic E-state index is 13.0. The summed E-state index contributed by atoms with van der Waals surface area (Å²) in [6.07, 6.45) is 2.14. The van der Waals surface area contributed by atoms with Crippen molar-refractivity contribution in [3.8, 4) is 0 Å². The highest BCUT2D eigenvalue weighted by atomic mass is 35.5. The largest absolute Gasteiger partial charge is 0.389 e. The molecule has 27 heavy (non-hydrogen) atoms. The van der Waals surface area contributed by atoms with Crippen LogP contribution in [0.15, 0.2) is 29.4 Å². The smallest absolute Gasteiger partial charge is 0.234 e. The van der Waals surface area contributed by atoms with Crippen molar-refractivity contribution in [2.75, 3.05) is 19.0 Å². The van der Waals surface area contributed by atoms with E-state index < -0.39 is 0 Å².